The van der Waals surface area contributed by atoms with Gasteiger partial charge in [0.05, 0.1) is 11.8 Å². The lowest BCUT2D eigenvalue weighted by Crippen LogP contribution is -2.49. The van der Waals surface area contributed by atoms with Crippen molar-refractivity contribution in [2.24, 2.45) is 0 Å². The molecule has 1 aromatic carbocycles. The monoisotopic (exact) mass is 538 g/mol. The van der Waals surface area contributed by atoms with Crippen LogP contribution in [0.3, 0.4) is 0 Å². The van der Waals surface area contributed by atoms with Crippen LogP contribution in [0.25, 0.3) is 0 Å². The van der Waals surface area contributed by atoms with Gasteiger partial charge in [0.2, 0.25) is 0 Å². The van der Waals surface area contributed by atoms with Crippen molar-refractivity contribution in [3.8, 4) is 17.6 Å². The van der Waals surface area contributed by atoms with Crippen LogP contribution in [0.4, 0.5) is 19.0 Å². The molecule has 202 valence electrons. The van der Waals surface area contributed by atoms with Crippen molar-refractivity contribution < 1.29 is 27.9 Å². The van der Waals surface area contributed by atoms with Gasteiger partial charge in [-0.1, -0.05) is 18.8 Å². The molecular weight excluding hydrogens is 513 g/mol. The highest BCUT2D eigenvalue weighted by molar-refractivity contribution is 5.95. The largest absolute Gasteiger partial charge is 0.506 e. The molecule has 2 aromatic heterocycles. The molecule has 39 heavy (non-hydrogen) atoms. The molecule has 2 amide bonds. The predicted octanol–water partition coefficient (Wildman–Crippen LogP) is 3.10. The molecule has 0 atom stereocenters. The Hall–Kier alpha value is -4.66. The highest BCUT2D eigenvalue weighted by atomic mass is 19.4. The second-order valence-electron chi connectivity index (χ2n) is 8.79. The number of hydrogen-bond acceptors (Lipinski definition) is 7. The van der Waals surface area contributed by atoms with Gasteiger partial charge in [-0.2, -0.15) is 13.2 Å². The number of benzene rings is 1. The lowest BCUT2D eigenvalue weighted by Gasteiger charge is -2.35. The number of aromatic nitrogens is 3. The zero-order chi connectivity index (χ0) is 28.0. The fourth-order valence-electron chi connectivity index (χ4n) is 3.89. The van der Waals surface area contributed by atoms with E-state index in [0.717, 1.165) is 18.6 Å². The van der Waals surface area contributed by atoms with Crippen molar-refractivity contribution >= 4 is 17.6 Å². The first-order valence-electron chi connectivity index (χ1n) is 12.2. The van der Waals surface area contributed by atoms with Gasteiger partial charge < -0.3 is 20.2 Å². The molecule has 0 bridgehead atoms. The number of rotatable bonds is 5. The zero-order valence-electron chi connectivity index (χ0n) is 21.0. The second kappa shape index (κ2) is 11.8. The molecule has 0 spiro atoms. The summed E-state index contributed by atoms with van der Waals surface area (Å²) in [7, 11) is 0. The lowest BCUT2D eigenvalue weighted by molar-refractivity contribution is -0.137. The number of nitrogens with one attached hydrogen (secondary N) is 1. The van der Waals surface area contributed by atoms with Crippen LogP contribution in [0, 0.1) is 11.8 Å². The fraction of sp³-hybridized carbons (Fsp3) is 0.296. The molecule has 12 heteroatoms. The van der Waals surface area contributed by atoms with Crippen molar-refractivity contribution in [3.05, 3.63) is 76.7 Å². The third-order valence-electron chi connectivity index (χ3n) is 5.89. The van der Waals surface area contributed by atoms with Crippen LogP contribution in [0.15, 0.2) is 48.8 Å². The van der Waals surface area contributed by atoms with Crippen LogP contribution in [0.2, 0.25) is 0 Å². The van der Waals surface area contributed by atoms with Crippen molar-refractivity contribution in [3.63, 3.8) is 0 Å². The minimum absolute atomic E-state index is 0.00786. The van der Waals surface area contributed by atoms with Crippen LogP contribution < -0.4 is 10.2 Å². The SMILES string of the molecule is CCCNC(=O)c1ccc(N2CCN(C(=O)c3cc(C#Cc4cncc(O)c4)cc(C(F)(F)F)c3)CC2)nn1. The van der Waals surface area contributed by atoms with E-state index in [-0.39, 0.29) is 41.6 Å². The van der Waals surface area contributed by atoms with E-state index in [0.29, 0.717) is 31.0 Å². The normalized spacial score (nSPS) is 13.4. The molecule has 4 rings (SSSR count). The van der Waals surface area contributed by atoms with E-state index in [2.05, 4.69) is 32.3 Å². The average molecular weight is 539 g/mol. The average Bonchev–Trinajstić information content (AvgIpc) is 2.94. The topological polar surface area (TPSA) is 112 Å². The maximum Gasteiger partial charge on any atom is 0.416 e. The third-order valence-corrected chi connectivity index (χ3v) is 5.89. The number of pyridine rings is 1. The number of nitrogens with zero attached hydrogens (tertiary/aromatic N) is 5. The lowest BCUT2D eigenvalue weighted by atomic mass is 10.0. The Labute approximate surface area is 222 Å². The standard InChI is InChI=1S/C27H25F3N6O3/c1-2-7-32-25(38)23-5-6-24(34-33-23)35-8-10-36(11-9-35)26(39)20-12-18(13-21(15-20)27(28,29)30)3-4-19-14-22(37)17-31-16-19/h5-6,12-17,37H,2,7-11H2,1H3,(H,32,38). The number of aromatic hydroxyl groups is 1. The summed E-state index contributed by atoms with van der Waals surface area (Å²) in [6.45, 7) is 3.76. The predicted molar refractivity (Wildman–Crippen MR) is 136 cm³/mol. The number of hydrogen-bond donors (Lipinski definition) is 2. The molecule has 0 saturated carbocycles. The Morgan fingerprint density at radius 1 is 1.00 bits per heavy atom. The smallest absolute Gasteiger partial charge is 0.416 e. The van der Waals surface area contributed by atoms with E-state index >= 15 is 0 Å². The minimum atomic E-state index is -4.67. The molecule has 0 radical (unpaired) electrons. The summed E-state index contributed by atoms with van der Waals surface area (Å²) in [6, 6.07) is 7.60. The van der Waals surface area contributed by atoms with E-state index in [1.165, 1.54) is 29.4 Å². The van der Waals surface area contributed by atoms with Crippen molar-refractivity contribution in [2.45, 2.75) is 19.5 Å². The Bertz CT molecular complexity index is 1410. The van der Waals surface area contributed by atoms with E-state index in [4.69, 9.17) is 0 Å². The molecule has 9 nitrogen and oxygen atoms in total. The number of piperazine rings is 1. The highest BCUT2D eigenvalue weighted by Crippen LogP contribution is 2.31. The van der Waals surface area contributed by atoms with E-state index in [1.807, 2.05) is 11.8 Å². The van der Waals surface area contributed by atoms with Crippen LogP contribution in [-0.2, 0) is 6.18 Å². The number of carbonyl (C=O) groups excluding carboxylic acids is 2. The van der Waals surface area contributed by atoms with E-state index in [1.54, 1.807) is 12.1 Å². The Morgan fingerprint density at radius 2 is 1.74 bits per heavy atom. The molecular formula is C27H25F3N6O3. The van der Waals surface area contributed by atoms with Gasteiger partial charge in [0.15, 0.2) is 11.5 Å². The molecule has 1 fully saturated rings. The molecule has 0 unspecified atom stereocenters. The Balaban J connectivity index is 1.47. The zero-order valence-corrected chi connectivity index (χ0v) is 21.0. The fourth-order valence-corrected chi connectivity index (χ4v) is 3.89. The van der Waals surface area contributed by atoms with Crippen molar-refractivity contribution in [1.29, 1.82) is 0 Å². The van der Waals surface area contributed by atoms with Gasteiger partial charge in [0, 0.05) is 55.6 Å². The number of anilines is 1. The van der Waals surface area contributed by atoms with Crippen LogP contribution in [0.5, 0.6) is 5.75 Å². The van der Waals surface area contributed by atoms with Gasteiger partial charge in [0.25, 0.3) is 11.8 Å². The molecule has 1 saturated heterocycles. The van der Waals surface area contributed by atoms with Crippen molar-refractivity contribution in [2.75, 3.05) is 37.6 Å². The molecule has 3 aromatic rings. The summed E-state index contributed by atoms with van der Waals surface area (Å²) >= 11 is 0. The Kier molecular flexibility index (Phi) is 8.29. The van der Waals surface area contributed by atoms with Gasteiger partial charge in [-0.3, -0.25) is 14.6 Å². The molecule has 1 aliphatic rings. The summed E-state index contributed by atoms with van der Waals surface area (Å²) in [5, 5.41) is 20.3. The highest BCUT2D eigenvalue weighted by Gasteiger charge is 2.32. The first-order chi connectivity index (χ1) is 18.6. The maximum atomic E-state index is 13.6. The third kappa shape index (κ3) is 7.01. The maximum absolute atomic E-state index is 13.6. The summed E-state index contributed by atoms with van der Waals surface area (Å²) in [5.41, 5.74) is -0.588. The summed E-state index contributed by atoms with van der Waals surface area (Å²) in [5.74, 6) is 4.84. The van der Waals surface area contributed by atoms with Gasteiger partial charge in [-0.05, 0) is 42.8 Å². The second-order valence-corrected chi connectivity index (χ2v) is 8.79. The first kappa shape index (κ1) is 27.4. The quantitative estimate of drug-likeness (QED) is 0.481. The number of carbonyl (C=O) groups is 2. The summed E-state index contributed by atoms with van der Waals surface area (Å²) < 4.78 is 40.8. The number of amides is 2. The van der Waals surface area contributed by atoms with Crippen LogP contribution in [-0.4, -0.2) is 69.7 Å². The summed E-state index contributed by atoms with van der Waals surface area (Å²) in [4.78, 5) is 32.3. The van der Waals surface area contributed by atoms with Gasteiger partial charge in [-0.25, -0.2) is 0 Å². The van der Waals surface area contributed by atoms with E-state index < -0.39 is 17.6 Å². The molecule has 0 aliphatic carbocycles. The van der Waals surface area contributed by atoms with Gasteiger partial charge in [0.1, 0.15) is 5.75 Å². The summed E-state index contributed by atoms with van der Waals surface area (Å²) in [6.07, 6.45) is -1.30. The number of halogens is 3. The molecule has 3 heterocycles. The van der Waals surface area contributed by atoms with Gasteiger partial charge in [-0.15, -0.1) is 10.2 Å². The minimum Gasteiger partial charge on any atom is -0.506 e. The van der Waals surface area contributed by atoms with E-state index in [9.17, 15) is 27.9 Å². The molecule has 2 N–H and O–H groups in total. The number of alkyl halides is 3. The first-order valence-corrected chi connectivity index (χ1v) is 12.2. The van der Waals surface area contributed by atoms with Crippen LogP contribution in [0.1, 0.15) is 50.9 Å². The van der Waals surface area contributed by atoms with Gasteiger partial charge >= 0.3 is 6.18 Å². The van der Waals surface area contributed by atoms with Crippen LogP contribution >= 0.6 is 0 Å². The molecule has 1 aliphatic heterocycles. The Morgan fingerprint density at radius 3 is 2.38 bits per heavy atom. The van der Waals surface area contributed by atoms with Crippen molar-refractivity contribution in [1.82, 2.24) is 25.4 Å².